The van der Waals surface area contributed by atoms with Crippen molar-refractivity contribution in [2.75, 3.05) is 66.0 Å². The zero-order valence-electron chi connectivity index (χ0n) is 13.2. The Bertz CT molecular complexity index is 381. The van der Waals surface area contributed by atoms with E-state index >= 15 is 0 Å². The quantitative estimate of drug-likeness (QED) is 0.449. The lowest BCUT2D eigenvalue weighted by atomic mass is 10.5. The zero-order valence-corrected chi connectivity index (χ0v) is 14.8. The second kappa shape index (κ2) is 14.8. The van der Waals surface area contributed by atoms with Gasteiger partial charge in [0.25, 0.3) is 0 Å². The van der Waals surface area contributed by atoms with Gasteiger partial charge in [-0.3, -0.25) is 0 Å². The number of nitrogens with zero attached hydrogens (tertiary/aromatic N) is 1. The van der Waals surface area contributed by atoms with Gasteiger partial charge in [-0.2, -0.15) is 0 Å². The molecule has 0 aliphatic heterocycles. The summed E-state index contributed by atoms with van der Waals surface area (Å²) in [4.78, 5) is 4.10. The van der Waals surface area contributed by atoms with Crippen LogP contribution < -0.4 is 10.5 Å². The minimum atomic E-state index is 0.459. The van der Waals surface area contributed by atoms with E-state index in [1.54, 1.807) is 12.3 Å². The number of hydrogen-bond acceptors (Lipinski definition) is 7. The van der Waals surface area contributed by atoms with E-state index in [9.17, 15) is 0 Å². The smallest absolute Gasteiger partial charge is 0.213 e. The van der Waals surface area contributed by atoms with Crippen LogP contribution in [0.4, 0.5) is 0 Å². The Balaban J connectivity index is 1.77. The summed E-state index contributed by atoms with van der Waals surface area (Å²) in [6, 6.07) is 3.68. The van der Waals surface area contributed by atoms with E-state index in [0.717, 1.165) is 4.47 Å². The molecule has 0 unspecified atom stereocenters. The van der Waals surface area contributed by atoms with Gasteiger partial charge in [-0.1, -0.05) is 0 Å². The van der Waals surface area contributed by atoms with Crippen LogP contribution in [0, 0.1) is 0 Å². The minimum Gasteiger partial charge on any atom is -0.475 e. The Morgan fingerprint density at radius 2 is 1.30 bits per heavy atom. The Hall–Kier alpha value is -0.770. The van der Waals surface area contributed by atoms with Crippen LogP contribution >= 0.6 is 15.9 Å². The first kappa shape index (κ1) is 20.3. The van der Waals surface area contributed by atoms with Gasteiger partial charge in [0.2, 0.25) is 5.88 Å². The molecule has 132 valence electrons. The van der Waals surface area contributed by atoms with Crippen LogP contribution in [0.2, 0.25) is 0 Å². The number of nitrogens with two attached hydrogens (primary N) is 1. The molecule has 1 heterocycles. The molecule has 0 saturated carbocycles. The van der Waals surface area contributed by atoms with Crippen molar-refractivity contribution in [3.05, 3.63) is 22.8 Å². The molecule has 2 N–H and O–H groups in total. The molecular weight excluding hydrogens is 368 g/mol. The monoisotopic (exact) mass is 392 g/mol. The SMILES string of the molecule is NCCOCCOCCOCCOCCOc1ccc(Br)cn1. The highest BCUT2D eigenvalue weighted by Crippen LogP contribution is 2.11. The third kappa shape index (κ3) is 12.3. The van der Waals surface area contributed by atoms with E-state index in [1.807, 2.05) is 6.07 Å². The maximum absolute atomic E-state index is 5.42. The van der Waals surface area contributed by atoms with E-state index in [1.165, 1.54) is 0 Å². The van der Waals surface area contributed by atoms with Crippen molar-refractivity contribution in [3.8, 4) is 5.88 Å². The first-order chi connectivity index (χ1) is 11.3. The molecular formula is C15H25BrN2O5. The summed E-state index contributed by atoms with van der Waals surface area (Å²) < 4.78 is 27.6. The first-order valence-corrected chi connectivity index (χ1v) is 8.37. The van der Waals surface area contributed by atoms with Gasteiger partial charge in [0.05, 0.1) is 52.9 Å². The number of ether oxygens (including phenoxy) is 5. The van der Waals surface area contributed by atoms with Gasteiger partial charge in [-0.05, 0) is 22.0 Å². The van der Waals surface area contributed by atoms with E-state index in [4.69, 9.17) is 29.4 Å². The third-order valence-electron chi connectivity index (χ3n) is 2.56. The Kier molecular flexibility index (Phi) is 13.0. The fraction of sp³-hybridized carbons (Fsp3) is 0.667. The molecule has 0 atom stereocenters. The number of pyridine rings is 1. The molecule has 8 heteroatoms. The van der Waals surface area contributed by atoms with Gasteiger partial charge in [0.1, 0.15) is 6.61 Å². The number of aromatic nitrogens is 1. The minimum absolute atomic E-state index is 0.459. The summed E-state index contributed by atoms with van der Waals surface area (Å²) in [5.41, 5.74) is 5.29. The summed E-state index contributed by atoms with van der Waals surface area (Å²) in [7, 11) is 0. The number of rotatable bonds is 15. The highest BCUT2D eigenvalue weighted by Gasteiger charge is 1.96. The fourth-order valence-electron chi connectivity index (χ4n) is 1.50. The van der Waals surface area contributed by atoms with E-state index < -0.39 is 0 Å². The van der Waals surface area contributed by atoms with Crippen LogP contribution in [0.25, 0.3) is 0 Å². The highest BCUT2D eigenvalue weighted by atomic mass is 79.9. The van der Waals surface area contributed by atoms with Crippen LogP contribution in [0.15, 0.2) is 22.8 Å². The fourth-order valence-corrected chi connectivity index (χ4v) is 1.73. The van der Waals surface area contributed by atoms with Crippen LogP contribution in [0.1, 0.15) is 0 Å². The van der Waals surface area contributed by atoms with Gasteiger partial charge >= 0.3 is 0 Å². The Morgan fingerprint density at radius 1 is 0.783 bits per heavy atom. The lowest BCUT2D eigenvalue weighted by molar-refractivity contribution is -0.00400. The first-order valence-electron chi connectivity index (χ1n) is 7.58. The van der Waals surface area contributed by atoms with Crippen molar-refractivity contribution in [2.24, 2.45) is 5.73 Å². The summed E-state index contributed by atoms with van der Waals surface area (Å²) in [5, 5.41) is 0. The summed E-state index contributed by atoms with van der Waals surface area (Å²) >= 11 is 3.32. The van der Waals surface area contributed by atoms with Gasteiger partial charge in [0, 0.05) is 23.3 Å². The van der Waals surface area contributed by atoms with E-state index in [-0.39, 0.29) is 0 Å². The van der Waals surface area contributed by atoms with E-state index in [0.29, 0.717) is 71.9 Å². The van der Waals surface area contributed by atoms with Crippen LogP contribution in [-0.4, -0.2) is 71.0 Å². The highest BCUT2D eigenvalue weighted by molar-refractivity contribution is 9.10. The Labute approximate surface area is 145 Å². The largest absolute Gasteiger partial charge is 0.475 e. The molecule has 0 saturated heterocycles. The second-order valence-corrected chi connectivity index (χ2v) is 5.32. The van der Waals surface area contributed by atoms with Gasteiger partial charge in [-0.25, -0.2) is 4.98 Å². The molecule has 0 radical (unpaired) electrons. The predicted octanol–water partition coefficient (Wildman–Crippen LogP) is 1.25. The zero-order chi connectivity index (χ0) is 16.6. The maximum atomic E-state index is 5.42. The van der Waals surface area contributed by atoms with Gasteiger partial charge < -0.3 is 29.4 Å². The van der Waals surface area contributed by atoms with Gasteiger partial charge in [-0.15, -0.1) is 0 Å². The normalized spacial score (nSPS) is 10.9. The van der Waals surface area contributed by atoms with Crippen molar-refractivity contribution < 1.29 is 23.7 Å². The van der Waals surface area contributed by atoms with Crippen LogP contribution in [0.3, 0.4) is 0 Å². The Morgan fingerprint density at radius 3 is 1.78 bits per heavy atom. The molecule has 0 bridgehead atoms. The summed E-state index contributed by atoms with van der Waals surface area (Å²) in [6.45, 7) is 5.32. The molecule has 23 heavy (non-hydrogen) atoms. The maximum Gasteiger partial charge on any atom is 0.213 e. The molecule has 0 aromatic carbocycles. The average molecular weight is 393 g/mol. The summed E-state index contributed by atoms with van der Waals surface area (Å²) in [6.07, 6.45) is 1.69. The average Bonchev–Trinajstić information content (AvgIpc) is 2.57. The standard InChI is InChI=1S/C15H25BrN2O5/c16-14-1-2-15(18-13-14)23-12-11-22-10-9-21-8-7-20-6-5-19-4-3-17/h1-2,13H,3-12,17H2. The van der Waals surface area contributed by atoms with Crippen LogP contribution in [0.5, 0.6) is 5.88 Å². The lowest BCUT2D eigenvalue weighted by Gasteiger charge is -2.08. The van der Waals surface area contributed by atoms with Crippen molar-refractivity contribution >= 4 is 15.9 Å². The van der Waals surface area contributed by atoms with Crippen molar-refractivity contribution in [1.82, 2.24) is 4.98 Å². The second-order valence-electron chi connectivity index (χ2n) is 4.40. The van der Waals surface area contributed by atoms with Crippen molar-refractivity contribution in [1.29, 1.82) is 0 Å². The molecule has 1 rings (SSSR count). The van der Waals surface area contributed by atoms with Crippen LogP contribution in [-0.2, 0) is 18.9 Å². The third-order valence-corrected chi connectivity index (χ3v) is 3.03. The molecule has 0 aliphatic carbocycles. The predicted molar refractivity (Wildman–Crippen MR) is 89.8 cm³/mol. The van der Waals surface area contributed by atoms with E-state index in [2.05, 4.69) is 20.9 Å². The molecule has 0 aliphatic rings. The molecule has 1 aromatic rings. The lowest BCUT2D eigenvalue weighted by Crippen LogP contribution is -2.15. The number of halogens is 1. The molecule has 0 spiro atoms. The molecule has 0 fully saturated rings. The van der Waals surface area contributed by atoms with Gasteiger partial charge in [0.15, 0.2) is 0 Å². The van der Waals surface area contributed by atoms with Crippen molar-refractivity contribution in [2.45, 2.75) is 0 Å². The molecule has 7 nitrogen and oxygen atoms in total. The summed E-state index contributed by atoms with van der Waals surface area (Å²) in [5.74, 6) is 0.584. The van der Waals surface area contributed by atoms with Crippen molar-refractivity contribution in [3.63, 3.8) is 0 Å². The molecule has 0 amide bonds. The molecule has 1 aromatic heterocycles. The number of hydrogen-bond donors (Lipinski definition) is 1. The topological polar surface area (TPSA) is 85.1 Å².